The summed E-state index contributed by atoms with van der Waals surface area (Å²) in [5.41, 5.74) is 7.44. The van der Waals surface area contributed by atoms with E-state index in [1.165, 1.54) is 6.26 Å². The average Bonchev–Trinajstić information content (AvgIpc) is 3.62. The molecular formula is C40H47N7O7. The zero-order chi connectivity index (χ0) is 37.7. The number of aromatic nitrogens is 3. The number of ether oxygens (including phenoxy) is 3. The van der Waals surface area contributed by atoms with Crippen molar-refractivity contribution < 1.29 is 28.5 Å². The molecule has 284 valence electrons. The fraction of sp³-hybridized carbons (Fsp3) is 0.350. The van der Waals surface area contributed by atoms with E-state index in [1.807, 2.05) is 50.4 Å². The molecule has 0 spiro atoms. The quantitative estimate of drug-likeness (QED) is 0.0877. The van der Waals surface area contributed by atoms with E-state index in [0.717, 1.165) is 46.7 Å². The summed E-state index contributed by atoms with van der Waals surface area (Å²) in [6.07, 6.45) is 5.77. The predicted molar refractivity (Wildman–Crippen MR) is 206 cm³/mol. The van der Waals surface area contributed by atoms with Gasteiger partial charge in [-0.2, -0.15) is 0 Å². The number of aryl methyl sites for hydroxylation is 2. The van der Waals surface area contributed by atoms with Gasteiger partial charge in [0.05, 0.1) is 58.2 Å². The number of rotatable bonds is 19. The molecule has 14 heteroatoms. The van der Waals surface area contributed by atoms with Gasteiger partial charge >= 0.3 is 0 Å². The predicted octanol–water partition coefficient (Wildman–Crippen LogP) is 4.53. The molecule has 3 aromatic heterocycles. The van der Waals surface area contributed by atoms with Gasteiger partial charge < -0.3 is 44.6 Å². The molecule has 0 bridgehead atoms. The van der Waals surface area contributed by atoms with E-state index in [4.69, 9.17) is 28.7 Å². The van der Waals surface area contributed by atoms with Gasteiger partial charge in [-0.15, -0.1) is 0 Å². The average molecular weight is 738 g/mol. The van der Waals surface area contributed by atoms with Crippen LogP contribution >= 0.6 is 0 Å². The lowest BCUT2D eigenvalue weighted by Crippen LogP contribution is -2.37. The Morgan fingerprint density at radius 1 is 0.889 bits per heavy atom. The molecule has 0 atom stereocenters. The molecule has 0 saturated heterocycles. The smallest absolute Gasteiger partial charge is 0.291 e. The molecule has 0 radical (unpaired) electrons. The third kappa shape index (κ3) is 10.2. The number of fused-ring (bicyclic) bond motifs is 1. The summed E-state index contributed by atoms with van der Waals surface area (Å²) in [5, 5.41) is 18.2. The summed E-state index contributed by atoms with van der Waals surface area (Å²) in [5.74, 6) is 0.474. The molecule has 0 saturated carbocycles. The highest BCUT2D eigenvalue weighted by atomic mass is 16.5. The van der Waals surface area contributed by atoms with Gasteiger partial charge in [-0.1, -0.05) is 12.1 Å². The number of carbonyl (C=O) groups is 1. The SMILES string of the molecule is Cc1ccoc1C(=O)Nc1ccc(-n2ccc(C)c(N3CCc4nc(Nc5ccc(CNCCOCCOCCOCCO)cc5)ncc4C3)c2=O)cc1. The molecular weight excluding hydrogens is 690 g/mol. The van der Waals surface area contributed by atoms with Crippen LogP contribution < -0.4 is 26.4 Å². The van der Waals surface area contributed by atoms with Crippen molar-refractivity contribution in [1.29, 1.82) is 0 Å². The second-order valence-corrected chi connectivity index (χ2v) is 12.9. The minimum atomic E-state index is -0.327. The van der Waals surface area contributed by atoms with Crippen LogP contribution in [0.1, 0.15) is 38.5 Å². The number of carbonyl (C=O) groups excluding carboxylic acids is 1. The summed E-state index contributed by atoms with van der Waals surface area (Å²) >= 11 is 0. The van der Waals surface area contributed by atoms with Crippen LogP contribution in [0, 0.1) is 13.8 Å². The van der Waals surface area contributed by atoms with Gasteiger partial charge in [-0.05, 0) is 73.5 Å². The number of amides is 1. The topological polar surface area (TPSA) is 165 Å². The highest BCUT2D eigenvalue weighted by Crippen LogP contribution is 2.26. The standard InChI is InChI=1S/C40H47N7O7/c1-28-11-16-47(34-9-7-32(8-10-34)43-38(49)37-29(2)13-18-54-37)39(50)36(28)46-15-12-35-31(27-46)26-42-40(45-35)44-33-5-3-30(4-6-33)25-41-14-19-51-21-23-53-24-22-52-20-17-48/h3-11,13,16,18,26,41,48H,12,14-15,17,19-25,27H2,1-2H3,(H,43,49)(H,42,44,45). The summed E-state index contributed by atoms with van der Waals surface area (Å²) < 4.78 is 23.1. The molecule has 2 aromatic carbocycles. The van der Waals surface area contributed by atoms with Crippen molar-refractivity contribution in [3.63, 3.8) is 0 Å². The lowest BCUT2D eigenvalue weighted by atomic mass is 10.1. The zero-order valence-electron chi connectivity index (χ0n) is 30.7. The number of pyridine rings is 1. The lowest BCUT2D eigenvalue weighted by molar-refractivity contribution is 0.00818. The number of benzene rings is 2. The van der Waals surface area contributed by atoms with Crippen molar-refractivity contribution in [2.45, 2.75) is 33.4 Å². The number of aliphatic hydroxyl groups is 1. The van der Waals surface area contributed by atoms with Gasteiger partial charge in [0.2, 0.25) is 5.95 Å². The van der Waals surface area contributed by atoms with Crippen molar-refractivity contribution >= 4 is 28.9 Å². The number of hydrogen-bond donors (Lipinski definition) is 4. The number of nitrogens with one attached hydrogen (secondary N) is 3. The fourth-order valence-electron chi connectivity index (χ4n) is 6.09. The molecule has 0 fully saturated rings. The Morgan fingerprint density at radius 3 is 2.33 bits per heavy atom. The van der Waals surface area contributed by atoms with Crippen LogP contribution in [0.15, 0.2) is 88.5 Å². The Bertz CT molecular complexity index is 2030. The zero-order valence-corrected chi connectivity index (χ0v) is 30.7. The first kappa shape index (κ1) is 38.3. The third-order valence-corrected chi connectivity index (χ3v) is 8.93. The molecule has 1 amide bonds. The summed E-state index contributed by atoms with van der Waals surface area (Å²) in [4.78, 5) is 37.9. The van der Waals surface area contributed by atoms with Gasteiger partial charge in [0.15, 0.2) is 5.76 Å². The second kappa shape index (κ2) is 19.1. The maximum Gasteiger partial charge on any atom is 0.291 e. The second-order valence-electron chi connectivity index (χ2n) is 12.9. The van der Waals surface area contributed by atoms with E-state index in [-0.39, 0.29) is 23.8 Å². The molecule has 4 N–H and O–H groups in total. The van der Waals surface area contributed by atoms with Gasteiger partial charge in [0, 0.05) is 73.2 Å². The van der Waals surface area contributed by atoms with Crippen LogP contribution in [0.25, 0.3) is 5.69 Å². The first-order valence-corrected chi connectivity index (χ1v) is 18.1. The Labute approximate surface area is 314 Å². The first-order valence-electron chi connectivity index (χ1n) is 18.1. The monoisotopic (exact) mass is 737 g/mol. The molecule has 6 rings (SSSR count). The van der Waals surface area contributed by atoms with Crippen LogP contribution in [0.3, 0.4) is 0 Å². The summed E-state index contributed by atoms with van der Waals surface area (Å²) in [6.45, 7) is 9.30. The highest BCUT2D eigenvalue weighted by molar-refractivity contribution is 6.03. The Hall–Kier alpha value is -5.38. The van der Waals surface area contributed by atoms with E-state index in [9.17, 15) is 9.59 Å². The molecule has 0 unspecified atom stereocenters. The van der Waals surface area contributed by atoms with E-state index in [0.29, 0.717) is 82.2 Å². The van der Waals surface area contributed by atoms with E-state index >= 15 is 0 Å². The molecule has 1 aliphatic heterocycles. The summed E-state index contributed by atoms with van der Waals surface area (Å²) in [7, 11) is 0. The normalized spacial score (nSPS) is 12.5. The minimum Gasteiger partial charge on any atom is -0.459 e. The van der Waals surface area contributed by atoms with Gasteiger partial charge in [0.25, 0.3) is 11.5 Å². The van der Waals surface area contributed by atoms with Crippen molar-refractivity contribution in [2.24, 2.45) is 0 Å². The lowest BCUT2D eigenvalue weighted by Gasteiger charge is -2.31. The van der Waals surface area contributed by atoms with Gasteiger partial charge in [-0.25, -0.2) is 9.97 Å². The van der Waals surface area contributed by atoms with Crippen molar-refractivity contribution in [3.05, 3.63) is 123 Å². The van der Waals surface area contributed by atoms with E-state index in [2.05, 4.69) is 38.0 Å². The number of aliphatic hydroxyl groups excluding tert-OH is 1. The molecule has 54 heavy (non-hydrogen) atoms. The molecule has 0 aliphatic carbocycles. The number of anilines is 4. The van der Waals surface area contributed by atoms with E-state index < -0.39 is 0 Å². The van der Waals surface area contributed by atoms with Crippen molar-refractivity contribution in [2.75, 3.05) is 74.9 Å². The van der Waals surface area contributed by atoms with E-state index in [1.54, 1.807) is 29.0 Å². The maximum absolute atomic E-state index is 13.9. The Balaban J connectivity index is 0.979. The number of furan rings is 1. The van der Waals surface area contributed by atoms with Crippen molar-refractivity contribution in [1.82, 2.24) is 19.9 Å². The number of nitrogens with zero attached hydrogens (tertiary/aromatic N) is 4. The fourth-order valence-corrected chi connectivity index (χ4v) is 6.09. The molecule has 5 aromatic rings. The number of hydrogen-bond acceptors (Lipinski definition) is 12. The van der Waals surface area contributed by atoms with Crippen LogP contribution in [0.5, 0.6) is 0 Å². The van der Waals surface area contributed by atoms with Gasteiger partial charge in [-0.3, -0.25) is 14.2 Å². The van der Waals surface area contributed by atoms with Crippen LogP contribution in [-0.4, -0.2) is 84.9 Å². The van der Waals surface area contributed by atoms with Crippen LogP contribution in [0.2, 0.25) is 0 Å². The van der Waals surface area contributed by atoms with Crippen LogP contribution in [-0.2, 0) is 33.7 Å². The first-order chi connectivity index (χ1) is 26.4. The Morgan fingerprint density at radius 2 is 1.61 bits per heavy atom. The van der Waals surface area contributed by atoms with Crippen molar-refractivity contribution in [3.8, 4) is 5.69 Å². The molecule has 4 heterocycles. The third-order valence-electron chi connectivity index (χ3n) is 8.93. The largest absolute Gasteiger partial charge is 0.459 e. The van der Waals surface area contributed by atoms with Gasteiger partial charge in [0.1, 0.15) is 5.69 Å². The minimum absolute atomic E-state index is 0.0194. The van der Waals surface area contributed by atoms with Crippen LogP contribution in [0.4, 0.5) is 23.0 Å². The molecule has 1 aliphatic rings. The molecule has 14 nitrogen and oxygen atoms in total. The highest BCUT2D eigenvalue weighted by Gasteiger charge is 2.23. The summed E-state index contributed by atoms with van der Waals surface area (Å²) in [6, 6.07) is 19.0. The Kier molecular flexibility index (Phi) is 13.6. The maximum atomic E-state index is 13.9.